The number of carbonyl (C=O) groups excluding carboxylic acids is 4. The number of aliphatic hydroxyl groups excluding tert-OH is 1. The van der Waals surface area contributed by atoms with Crippen molar-refractivity contribution in [2.75, 3.05) is 39.6 Å². The van der Waals surface area contributed by atoms with E-state index in [0.29, 0.717) is 31.6 Å². The number of rotatable bonds is 64. The van der Waals surface area contributed by atoms with Gasteiger partial charge in [-0.3, -0.25) is 37.3 Å². The van der Waals surface area contributed by atoms with Crippen molar-refractivity contribution in [1.29, 1.82) is 0 Å². The number of aliphatic hydroxyl groups is 1. The van der Waals surface area contributed by atoms with Crippen LogP contribution in [-0.2, 0) is 65.4 Å². The lowest BCUT2D eigenvalue weighted by Crippen LogP contribution is -2.30. The molecule has 0 fully saturated rings. The second kappa shape index (κ2) is 57.2. The summed E-state index contributed by atoms with van der Waals surface area (Å²) in [4.78, 5) is 72.0. The number of carbonyl (C=O) groups is 4. The first-order valence-corrected chi connectivity index (χ1v) is 37.4. The Kier molecular flexibility index (Phi) is 55.9. The van der Waals surface area contributed by atoms with Gasteiger partial charge in [0.15, 0.2) is 12.2 Å². The van der Waals surface area contributed by atoms with Crippen LogP contribution in [0.25, 0.3) is 0 Å². The predicted octanol–water partition coefficient (Wildman–Crippen LogP) is 18.3. The molecule has 17 nitrogen and oxygen atoms in total. The number of ether oxygens (including phenoxy) is 4. The fourth-order valence-electron chi connectivity index (χ4n) is 9.80. The Morgan fingerprint density at radius 3 is 0.894 bits per heavy atom. The summed E-state index contributed by atoms with van der Waals surface area (Å²) in [6, 6.07) is 0. The predicted molar refractivity (Wildman–Crippen MR) is 340 cm³/mol. The molecule has 0 aromatic carbocycles. The van der Waals surface area contributed by atoms with Crippen molar-refractivity contribution >= 4 is 39.5 Å². The van der Waals surface area contributed by atoms with Gasteiger partial charge in [-0.25, -0.2) is 9.13 Å². The van der Waals surface area contributed by atoms with Gasteiger partial charge in [-0.15, -0.1) is 0 Å². The normalized spacial score (nSPS) is 14.6. The van der Waals surface area contributed by atoms with Gasteiger partial charge in [-0.05, 0) is 43.4 Å². The Bertz CT molecular complexity index is 1680. The molecule has 0 saturated carbocycles. The van der Waals surface area contributed by atoms with Crippen molar-refractivity contribution in [3.05, 3.63) is 0 Å². The number of phosphoric ester groups is 2. The second-order valence-corrected chi connectivity index (χ2v) is 28.0. The van der Waals surface area contributed by atoms with Crippen molar-refractivity contribution in [3.63, 3.8) is 0 Å². The van der Waals surface area contributed by atoms with Gasteiger partial charge < -0.3 is 33.8 Å². The fraction of sp³-hybridized carbons (Fsp3) is 0.939. The summed E-state index contributed by atoms with van der Waals surface area (Å²) < 4.78 is 67.8. The van der Waals surface area contributed by atoms with E-state index in [-0.39, 0.29) is 25.7 Å². The van der Waals surface area contributed by atoms with E-state index in [2.05, 4.69) is 48.5 Å². The van der Waals surface area contributed by atoms with Gasteiger partial charge in [-0.1, -0.05) is 273 Å². The van der Waals surface area contributed by atoms with Gasteiger partial charge in [0, 0.05) is 25.7 Å². The average Bonchev–Trinajstić information content (AvgIpc) is 3.63. The summed E-state index contributed by atoms with van der Waals surface area (Å²) in [7, 11) is -9.88. The molecule has 0 radical (unpaired) electrons. The molecule has 0 bridgehead atoms. The highest BCUT2D eigenvalue weighted by Gasteiger charge is 2.30. The summed E-state index contributed by atoms with van der Waals surface area (Å²) in [5.74, 6) is 0.109. The summed E-state index contributed by atoms with van der Waals surface area (Å²) in [6.07, 6.45) is 39.5. The zero-order valence-corrected chi connectivity index (χ0v) is 56.9. The number of hydrogen-bond acceptors (Lipinski definition) is 15. The zero-order chi connectivity index (χ0) is 63.1. The number of esters is 4. The molecule has 85 heavy (non-hydrogen) atoms. The zero-order valence-electron chi connectivity index (χ0n) is 55.1. The molecule has 0 aliphatic heterocycles. The molecular weight excluding hydrogens is 1130 g/mol. The monoisotopic (exact) mass is 1250 g/mol. The molecule has 0 heterocycles. The maximum absolute atomic E-state index is 13.0. The van der Waals surface area contributed by atoms with E-state index >= 15 is 0 Å². The minimum Gasteiger partial charge on any atom is -0.462 e. The highest BCUT2D eigenvalue weighted by Crippen LogP contribution is 2.45. The smallest absolute Gasteiger partial charge is 0.462 e. The van der Waals surface area contributed by atoms with Gasteiger partial charge >= 0.3 is 39.5 Å². The van der Waals surface area contributed by atoms with Crippen LogP contribution in [0.15, 0.2) is 0 Å². The lowest BCUT2D eigenvalue weighted by molar-refractivity contribution is -0.161. The highest BCUT2D eigenvalue weighted by atomic mass is 31.2. The minimum absolute atomic E-state index is 0.101. The van der Waals surface area contributed by atoms with Crippen molar-refractivity contribution in [3.8, 4) is 0 Å². The van der Waals surface area contributed by atoms with Gasteiger partial charge in [0.05, 0.1) is 26.4 Å². The first-order valence-electron chi connectivity index (χ1n) is 34.4. The van der Waals surface area contributed by atoms with Crippen LogP contribution in [0.2, 0.25) is 0 Å². The van der Waals surface area contributed by atoms with Crippen molar-refractivity contribution < 1.29 is 80.2 Å². The SMILES string of the molecule is CCCCCCCC(=O)OC[C@H](COP(=O)(O)OC[C@H](O)COP(=O)(O)OC[C@@H](COC(=O)CCCCCCCCCCC(C)CC)OC(=O)CCCCCCCCCCCCCCCCCCC(C)C)OC(=O)CCCCCCCCC(C)C. The lowest BCUT2D eigenvalue weighted by Gasteiger charge is -2.21. The Morgan fingerprint density at radius 2 is 0.600 bits per heavy atom. The third-order valence-electron chi connectivity index (χ3n) is 15.5. The summed E-state index contributed by atoms with van der Waals surface area (Å²) in [6.45, 7) is 11.7. The molecular formula is C66H128O17P2. The molecule has 6 atom stereocenters. The van der Waals surface area contributed by atoms with Crippen LogP contribution in [0.4, 0.5) is 0 Å². The van der Waals surface area contributed by atoms with E-state index < -0.39 is 97.5 Å². The largest absolute Gasteiger partial charge is 0.472 e. The Hall–Kier alpha value is -1.94. The van der Waals surface area contributed by atoms with E-state index in [9.17, 15) is 43.2 Å². The van der Waals surface area contributed by atoms with Crippen LogP contribution < -0.4 is 0 Å². The number of phosphoric acid groups is 2. The number of unbranched alkanes of at least 4 members (excludes halogenated alkanes) is 31. The van der Waals surface area contributed by atoms with Crippen molar-refractivity contribution in [1.82, 2.24) is 0 Å². The average molecular weight is 1260 g/mol. The second-order valence-electron chi connectivity index (χ2n) is 25.1. The summed E-state index contributed by atoms with van der Waals surface area (Å²) >= 11 is 0. The Morgan fingerprint density at radius 1 is 0.341 bits per heavy atom. The number of hydrogen-bond donors (Lipinski definition) is 3. The van der Waals surface area contributed by atoms with Crippen molar-refractivity contribution in [2.24, 2.45) is 17.8 Å². The quantitative estimate of drug-likeness (QED) is 0.0222. The molecule has 0 aliphatic rings. The first-order chi connectivity index (χ1) is 40.8. The van der Waals surface area contributed by atoms with Crippen LogP contribution in [0.5, 0.6) is 0 Å². The van der Waals surface area contributed by atoms with Crippen LogP contribution in [0.3, 0.4) is 0 Å². The van der Waals surface area contributed by atoms with Crippen molar-refractivity contribution in [2.45, 2.75) is 343 Å². The van der Waals surface area contributed by atoms with Crippen LogP contribution in [0.1, 0.15) is 325 Å². The van der Waals surface area contributed by atoms with Gasteiger partial charge in [0.25, 0.3) is 0 Å². The lowest BCUT2D eigenvalue weighted by atomic mass is 9.99. The molecule has 3 N–H and O–H groups in total. The summed E-state index contributed by atoms with van der Waals surface area (Å²) in [5, 5.41) is 10.5. The summed E-state index contributed by atoms with van der Waals surface area (Å²) in [5.41, 5.74) is 0. The molecule has 0 amide bonds. The molecule has 0 aliphatic carbocycles. The maximum Gasteiger partial charge on any atom is 0.472 e. The van der Waals surface area contributed by atoms with E-state index in [0.717, 1.165) is 108 Å². The first kappa shape index (κ1) is 83.1. The Labute approximate surface area is 517 Å². The van der Waals surface area contributed by atoms with Crippen LogP contribution in [-0.4, -0.2) is 96.7 Å². The third kappa shape index (κ3) is 59.5. The van der Waals surface area contributed by atoms with Crippen LogP contribution in [0, 0.1) is 17.8 Å². The van der Waals surface area contributed by atoms with Gasteiger partial charge in [0.2, 0.25) is 0 Å². The van der Waals surface area contributed by atoms with Gasteiger partial charge in [-0.2, -0.15) is 0 Å². The van der Waals surface area contributed by atoms with Crippen LogP contribution >= 0.6 is 15.6 Å². The maximum atomic E-state index is 13.0. The molecule has 0 rings (SSSR count). The molecule has 504 valence electrons. The fourth-order valence-corrected chi connectivity index (χ4v) is 11.4. The van der Waals surface area contributed by atoms with E-state index in [1.807, 2.05) is 0 Å². The molecule has 0 aromatic heterocycles. The van der Waals surface area contributed by atoms with Gasteiger partial charge in [0.1, 0.15) is 19.3 Å². The van der Waals surface area contributed by atoms with E-state index in [1.54, 1.807) is 0 Å². The standard InChI is InChI=1S/C66H128O17P2/c1-8-10-11-30-40-47-63(68)76-53-61(83-66(71)50-43-36-29-28-32-38-45-58(5)6)55-80-84(72,73)78-51-60(67)52-79-85(74,75)81-56-62(54-77-64(69)48-41-34-26-23-22-25-33-39-46-59(7)9-2)82-65(70)49-42-35-27-21-19-17-15-13-12-14-16-18-20-24-31-37-44-57(3)4/h57-62,67H,8-56H2,1-7H3,(H,72,73)(H,74,75)/t59?,60-,61+,62+/m0/s1. The molecule has 0 aromatic rings. The molecule has 3 unspecified atom stereocenters. The topological polar surface area (TPSA) is 237 Å². The minimum atomic E-state index is -4.95. The highest BCUT2D eigenvalue weighted by molar-refractivity contribution is 7.47. The van der Waals surface area contributed by atoms with E-state index in [4.69, 9.17) is 37.0 Å². The third-order valence-corrected chi connectivity index (χ3v) is 17.4. The Balaban J connectivity index is 5.14. The molecule has 19 heteroatoms. The molecule has 0 spiro atoms. The van der Waals surface area contributed by atoms with E-state index in [1.165, 1.54) is 128 Å². The molecule has 0 saturated heterocycles.